The molecule has 1 heterocycles. The summed E-state index contributed by atoms with van der Waals surface area (Å²) in [6.07, 6.45) is 3.74. The van der Waals surface area contributed by atoms with Crippen LogP contribution in [0.3, 0.4) is 0 Å². The van der Waals surface area contributed by atoms with Crippen molar-refractivity contribution in [3.63, 3.8) is 0 Å². The molecule has 0 bridgehead atoms. The summed E-state index contributed by atoms with van der Waals surface area (Å²) in [6, 6.07) is 2.03. The number of nitrogens with zero attached hydrogens (tertiary/aromatic N) is 3. The molecule has 1 saturated carbocycles. The topological polar surface area (TPSA) is 69.2 Å². The van der Waals surface area contributed by atoms with Gasteiger partial charge in [0.15, 0.2) is 0 Å². The van der Waals surface area contributed by atoms with Gasteiger partial charge in [-0.1, -0.05) is 0 Å². The third kappa shape index (κ3) is 2.88. The zero-order chi connectivity index (χ0) is 15.8. The van der Waals surface area contributed by atoms with Crippen LogP contribution in [-0.2, 0) is 0 Å². The van der Waals surface area contributed by atoms with E-state index in [4.69, 9.17) is 11.1 Å². The molecular formula is C16H27N5. The zero-order valence-electron chi connectivity index (χ0n) is 13.8. The first kappa shape index (κ1) is 15.8. The Hall–Kier alpha value is -1.62. The first-order chi connectivity index (χ1) is 9.77. The molecule has 0 aliphatic heterocycles. The van der Waals surface area contributed by atoms with E-state index in [0.29, 0.717) is 0 Å². The van der Waals surface area contributed by atoms with E-state index in [1.54, 1.807) is 0 Å². The van der Waals surface area contributed by atoms with Crippen molar-refractivity contribution >= 4 is 11.5 Å². The van der Waals surface area contributed by atoms with Gasteiger partial charge in [-0.2, -0.15) is 0 Å². The lowest BCUT2D eigenvalue weighted by Crippen LogP contribution is -2.57. The Morgan fingerprint density at radius 1 is 1.33 bits per heavy atom. The van der Waals surface area contributed by atoms with Gasteiger partial charge in [0, 0.05) is 24.8 Å². The lowest BCUT2D eigenvalue weighted by molar-refractivity contribution is 0.0683. The van der Waals surface area contributed by atoms with Gasteiger partial charge in [0.05, 0.1) is 16.9 Å². The highest BCUT2D eigenvalue weighted by molar-refractivity contribution is 6.01. The molecule has 0 atom stereocenters. The first-order valence-electron chi connectivity index (χ1n) is 7.48. The van der Waals surface area contributed by atoms with E-state index in [1.807, 2.05) is 19.9 Å². The predicted molar refractivity (Wildman–Crippen MR) is 88.3 cm³/mol. The predicted octanol–water partition coefficient (Wildman–Crippen LogP) is 1.90. The smallest absolute Gasteiger partial charge is 0.126 e. The van der Waals surface area contributed by atoms with Crippen LogP contribution in [0.4, 0.5) is 5.69 Å². The summed E-state index contributed by atoms with van der Waals surface area (Å²) < 4.78 is 0. The van der Waals surface area contributed by atoms with Crippen molar-refractivity contribution in [1.82, 2.24) is 9.88 Å². The van der Waals surface area contributed by atoms with Crippen LogP contribution >= 0.6 is 0 Å². The molecule has 0 unspecified atom stereocenters. The highest BCUT2D eigenvalue weighted by Crippen LogP contribution is 2.38. The minimum atomic E-state index is 0.0920. The SMILES string of the molecule is Cc1cc(N(C)CC2(N(C)C)CCC2)c(C(=N)N)c(C)n1. The maximum atomic E-state index is 7.86. The number of aryl methyl sites for hydroxylation is 2. The minimum Gasteiger partial charge on any atom is -0.384 e. The molecule has 1 aliphatic rings. The number of anilines is 1. The minimum absolute atomic E-state index is 0.0920. The Kier molecular flexibility index (Phi) is 4.23. The Morgan fingerprint density at radius 2 is 1.95 bits per heavy atom. The van der Waals surface area contributed by atoms with Crippen LogP contribution in [0.15, 0.2) is 6.07 Å². The molecule has 3 N–H and O–H groups in total. The van der Waals surface area contributed by atoms with Crippen LogP contribution in [0.2, 0.25) is 0 Å². The number of hydrogen-bond donors (Lipinski definition) is 2. The fraction of sp³-hybridized carbons (Fsp3) is 0.625. The summed E-state index contributed by atoms with van der Waals surface area (Å²) in [5, 5.41) is 7.86. The molecule has 0 radical (unpaired) electrons. The maximum Gasteiger partial charge on any atom is 0.126 e. The van der Waals surface area contributed by atoms with Crippen LogP contribution in [0.1, 0.15) is 36.2 Å². The molecule has 1 fully saturated rings. The summed E-state index contributed by atoms with van der Waals surface area (Å²) in [7, 11) is 6.40. The summed E-state index contributed by atoms with van der Waals surface area (Å²) in [6.45, 7) is 4.86. The Labute approximate surface area is 127 Å². The molecule has 5 heteroatoms. The third-order valence-corrected chi connectivity index (χ3v) is 4.75. The summed E-state index contributed by atoms with van der Waals surface area (Å²) in [5.41, 5.74) is 9.59. The van der Waals surface area contributed by atoms with Gasteiger partial charge in [-0.25, -0.2) is 0 Å². The fourth-order valence-electron chi connectivity index (χ4n) is 3.30. The largest absolute Gasteiger partial charge is 0.384 e. The van der Waals surface area contributed by atoms with Gasteiger partial charge >= 0.3 is 0 Å². The van der Waals surface area contributed by atoms with Crippen molar-refractivity contribution < 1.29 is 0 Å². The van der Waals surface area contributed by atoms with Gasteiger partial charge in [0.2, 0.25) is 0 Å². The van der Waals surface area contributed by atoms with Crippen molar-refractivity contribution in [3.05, 3.63) is 23.0 Å². The molecule has 1 aliphatic carbocycles. The van der Waals surface area contributed by atoms with Gasteiger partial charge in [-0.15, -0.1) is 0 Å². The van der Waals surface area contributed by atoms with E-state index < -0.39 is 0 Å². The van der Waals surface area contributed by atoms with Crippen LogP contribution in [0.5, 0.6) is 0 Å². The number of nitrogen functional groups attached to an aromatic ring is 1. The molecule has 1 aromatic heterocycles. The molecule has 0 amide bonds. The lowest BCUT2D eigenvalue weighted by atomic mass is 9.75. The number of amidine groups is 1. The molecule has 2 rings (SSSR count). The zero-order valence-corrected chi connectivity index (χ0v) is 13.8. The standard InChI is InChI=1S/C16H27N5/c1-11-9-13(14(15(17)18)12(2)19-11)21(5)10-16(20(3)4)7-6-8-16/h9H,6-8,10H2,1-5H3,(H3,17,18). The van der Waals surface area contributed by atoms with E-state index in [9.17, 15) is 0 Å². The maximum absolute atomic E-state index is 7.86. The van der Waals surface area contributed by atoms with E-state index in [0.717, 1.165) is 29.2 Å². The van der Waals surface area contributed by atoms with Gasteiger partial charge in [-0.3, -0.25) is 10.4 Å². The van der Waals surface area contributed by atoms with Crippen molar-refractivity contribution in [2.24, 2.45) is 5.73 Å². The van der Waals surface area contributed by atoms with E-state index in [2.05, 4.69) is 35.9 Å². The number of hydrogen-bond acceptors (Lipinski definition) is 4. The number of nitrogens with two attached hydrogens (primary N) is 1. The number of aromatic nitrogens is 1. The number of likely N-dealkylation sites (N-methyl/N-ethyl adjacent to an activating group) is 2. The van der Waals surface area contributed by atoms with Gasteiger partial charge in [0.1, 0.15) is 5.84 Å². The van der Waals surface area contributed by atoms with Crippen LogP contribution in [0.25, 0.3) is 0 Å². The van der Waals surface area contributed by atoms with Crippen LogP contribution < -0.4 is 10.6 Å². The first-order valence-corrected chi connectivity index (χ1v) is 7.48. The molecular weight excluding hydrogens is 262 g/mol. The van der Waals surface area contributed by atoms with Gasteiger partial charge in [-0.05, 0) is 53.3 Å². The Balaban J connectivity index is 2.35. The highest BCUT2D eigenvalue weighted by Gasteiger charge is 2.40. The molecule has 5 nitrogen and oxygen atoms in total. The van der Waals surface area contributed by atoms with E-state index >= 15 is 0 Å². The molecule has 1 aromatic rings. The second kappa shape index (κ2) is 5.64. The highest BCUT2D eigenvalue weighted by atomic mass is 15.2. The van der Waals surface area contributed by atoms with Crippen molar-refractivity contribution in [3.8, 4) is 0 Å². The molecule has 116 valence electrons. The average molecular weight is 289 g/mol. The quantitative estimate of drug-likeness (QED) is 0.641. The molecule has 0 aromatic carbocycles. The van der Waals surface area contributed by atoms with Crippen LogP contribution in [-0.4, -0.2) is 48.9 Å². The number of nitrogens with one attached hydrogen (secondary N) is 1. The van der Waals surface area contributed by atoms with Crippen molar-refractivity contribution in [2.45, 2.75) is 38.6 Å². The number of pyridine rings is 1. The molecule has 0 spiro atoms. The Morgan fingerprint density at radius 3 is 2.38 bits per heavy atom. The third-order valence-electron chi connectivity index (χ3n) is 4.75. The monoisotopic (exact) mass is 289 g/mol. The average Bonchev–Trinajstić information content (AvgIpc) is 2.31. The summed E-state index contributed by atoms with van der Waals surface area (Å²) >= 11 is 0. The Bertz CT molecular complexity index is 546. The number of rotatable bonds is 5. The second-order valence-corrected chi connectivity index (χ2v) is 6.49. The summed E-state index contributed by atoms with van der Waals surface area (Å²) in [4.78, 5) is 9.01. The van der Waals surface area contributed by atoms with E-state index in [1.165, 1.54) is 19.3 Å². The molecule has 21 heavy (non-hydrogen) atoms. The van der Waals surface area contributed by atoms with E-state index in [-0.39, 0.29) is 11.4 Å². The van der Waals surface area contributed by atoms with Gasteiger partial charge < -0.3 is 15.5 Å². The molecule has 0 saturated heterocycles. The van der Waals surface area contributed by atoms with Crippen LogP contribution in [0, 0.1) is 19.3 Å². The normalized spacial score (nSPS) is 16.7. The fourth-order valence-corrected chi connectivity index (χ4v) is 3.30. The summed E-state index contributed by atoms with van der Waals surface area (Å²) in [5.74, 6) is 0.0920. The lowest BCUT2D eigenvalue weighted by Gasteiger charge is -2.49. The van der Waals surface area contributed by atoms with Crippen molar-refractivity contribution in [2.75, 3.05) is 32.6 Å². The second-order valence-electron chi connectivity index (χ2n) is 6.49. The van der Waals surface area contributed by atoms with Crippen molar-refractivity contribution in [1.29, 1.82) is 5.41 Å². The van der Waals surface area contributed by atoms with Gasteiger partial charge in [0.25, 0.3) is 0 Å².